The van der Waals surface area contributed by atoms with E-state index in [-0.39, 0.29) is 0 Å². The largest absolute Gasteiger partial charge is 0.247 e. The second kappa shape index (κ2) is 13.8. The summed E-state index contributed by atoms with van der Waals surface area (Å²) in [6, 6.07) is 78.0. The second-order valence-electron chi connectivity index (χ2n) is 16.5. The van der Waals surface area contributed by atoms with Crippen molar-refractivity contribution < 1.29 is 0 Å². The van der Waals surface area contributed by atoms with E-state index in [4.69, 9.17) is 19.9 Å². The maximum absolute atomic E-state index is 5.63. The van der Waals surface area contributed by atoms with Crippen molar-refractivity contribution in [3.8, 4) is 78.9 Å². The summed E-state index contributed by atoms with van der Waals surface area (Å²) in [7, 11) is 0. The van der Waals surface area contributed by atoms with E-state index in [0.717, 1.165) is 49.8 Å². The third-order valence-corrected chi connectivity index (χ3v) is 13.1. The lowest BCUT2D eigenvalue weighted by Crippen LogP contribution is -2.26. The third-order valence-electron chi connectivity index (χ3n) is 13.1. The standard InChI is InChI=1S/C59H36N4/c1-4-17-37(18-5-1)54-46-24-11-10-23-45(46)53-55(60-54)48-26-13-15-29-50(48)59(53)49-28-14-12-25-47(49)52-44(27-16-30-51(52)59)42-33-31-41-36-43(34-32-40(41)35-42)58-62-56(38-19-6-2-7-20-38)61-57(63-58)39-21-8-3-9-22-39/h1-36H. The van der Waals surface area contributed by atoms with Crippen molar-refractivity contribution in [3.05, 3.63) is 241 Å². The molecule has 0 saturated carbocycles. The van der Waals surface area contributed by atoms with Gasteiger partial charge >= 0.3 is 0 Å². The first-order valence-electron chi connectivity index (χ1n) is 21.5. The molecule has 0 radical (unpaired) electrons. The van der Waals surface area contributed by atoms with Gasteiger partial charge in [0.25, 0.3) is 0 Å². The van der Waals surface area contributed by atoms with Gasteiger partial charge in [0.15, 0.2) is 17.5 Å². The Morgan fingerprint density at radius 1 is 0.286 bits per heavy atom. The van der Waals surface area contributed by atoms with Crippen LogP contribution in [0.2, 0.25) is 0 Å². The van der Waals surface area contributed by atoms with Crippen LogP contribution in [0.25, 0.3) is 100 Å². The molecule has 2 aromatic heterocycles. The van der Waals surface area contributed by atoms with Crippen molar-refractivity contribution in [1.29, 1.82) is 0 Å². The zero-order valence-electron chi connectivity index (χ0n) is 34.1. The first-order valence-corrected chi connectivity index (χ1v) is 21.5. The van der Waals surface area contributed by atoms with E-state index >= 15 is 0 Å². The Bertz CT molecular complexity index is 3560. The van der Waals surface area contributed by atoms with Crippen LogP contribution in [0.5, 0.6) is 0 Å². The molecule has 0 aliphatic heterocycles. The molecule has 4 heteroatoms. The minimum absolute atomic E-state index is 0.552. The molecule has 0 amide bonds. The van der Waals surface area contributed by atoms with Gasteiger partial charge in [0.1, 0.15) is 0 Å². The smallest absolute Gasteiger partial charge is 0.164 e. The predicted octanol–water partition coefficient (Wildman–Crippen LogP) is 14.3. The van der Waals surface area contributed by atoms with Gasteiger partial charge in [-0.2, -0.15) is 0 Å². The summed E-state index contributed by atoms with van der Waals surface area (Å²) in [4.78, 5) is 20.6. The van der Waals surface area contributed by atoms with Crippen LogP contribution in [-0.2, 0) is 5.41 Å². The molecule has 292 valence electrons. The fraction of sp³-hybridized carbons (Fsp3) is 0.0169. The van der Waals surface area contributed by atoms with Crippen LogP contribution in [0.15, 0.2) is 218 Å². The first kappa shape index (κ1) is 35.4. The Balaban J connectivity index is 0.985. The summed E-state index contributed by atoms with van der Waals surface area (Å²) in [6.45, 7) is 0. The number of hydrogen-bond donors (Lipinski definition) is 0. The van der Waals surface area contributed by atoms with Gasteiger partial charge in [-0.3, -0.25) is 0 Å². The Morgan fingerprint density at radius 3 is 1.43 bits per heavy atom. The summed E-state index contributed by atoms with van der Waals surface area (Å²) >= 11 is 0. The van der Waals surface area contributed by atoms with Crippen molar-refractivity contribution in [3.63, 3.8) is 0 Å². The molecule has 0 fully saturated rings. The molecular weight excluding hydrogens is 765 g/mol. The number of pyridine rings is 1. The van der Waals surface area contributed by atoms with Gasteiger partial charge in [-0.05, 0) is 67.2 Å². The maximum Gasteiger partial charge on any atom is 0.164 e. The Labute approximate surface area is 364 Å². The zero-order chi connectivity index (χ0) is 41.5. The fourth-order valence-corrected chi connectivity index (χ4v) is 10.4. The molecule has 13 rings (SSSR count). The normalized spacial score (nSPS) is 14.4. The van der Waals surface area contributed by atoms with E-state index in [1.807, 2.05) is 60.7 Å². The van der Waals surface area contributed by atoms with E-state index in [2.05, 4.69) is 158 Å². The highest BCUT2D eigenvalue weighted by Gasteiger charge is 2.53. The molecule has 4 nitrogen and oxygen atoms in total. The minimum Gasteiger partial charge on any atom is -0.247 e. The Kier molecular flexibility index (Phi) is 7.79. The number of aromatic nitrogens is 4. The van der Waals surface area contributed by atoms with Gasteiger partial charge in [-0.1, -0.05) is 206 Å². The average molecular weight is 801 g/mol. The van der Waals surface area contributed by atoms with Gasteiger partial charge in [0.2, 0.25) is 0 Å². The Morgan fingerprint density at radius 2 is 0.762 bits per heavy atom. The SMILES string of the molecule is c1ccc(-c2nc(-c3ccccc3)nc(-c3ccc4cc(-c5cccc6c5-c5ccccc5C65c6ccccc6-c6nc(-c7ccccc7)c7ccccc7c65)ccc4c3)n2)cc1. The average Bonchev–Trinajstić information content (AvgIpc) is 3.84. The van der Waals surface area contributed by atoms with Crippen LogP contribution in [0.4, 0.5) is 0 Å². The molecule has 2 heterocycles. The lowest BCUT2D eigenvalue weighted by Gasteiger charge is -2.31. The van der Waals surface area contributed by atoms with E-state index in [1.54, 1.807) is 0 Å². The summed E-state index contributed by atoms with van der Waals surface area (Å²) in [5, 5.41) is 4.66. The fourth-order valence-electron chi connectivity index (χ4n) is 10.4. The van der Waals surface area contributed by atoms with Crippen LogP contribution >= 0.6 is 0 Å². The highest BCUT2D eigenvalue weighted by Crippen LogP contribution is 2.65. The zero-order valence-corrected chi connectivity index (χ0v) is 34.1. The van der Waals surface area contributed by atoms with Crippen molar-refractivity contribution in [2.24, 2.45) is 0 Å². The lowest BCUT2D eigenvalue weighted by atomic mass is 9.69. The topological polar surface area (TPSA) is 51.6 Å². The van der Waals surface area contributed by atoms with Crippen molar-refractivity contribution in [2.45, 2.75) is 5.41 Å². The predicted molar refractivity (Wildman–Crippen MR) is 256 cm³/mol. The summed E-state index contributed by atoms with van der Waals surface area (Å²) in [5.41, 5.74) is 16.7. The second-order valence-corrected chi connectivity index (χ2v) is 16.5. The number of benzene rings is 9. The van der Waals surface area contributed by atoms with Crippen LogP contribution in [0.1, 0.15) is 22.3 Å². The van der Waals surface area contributed by atoms with Crippen LogP contribution in [-0.4, -0.2) is 19.9 Å². The molecule has 2 aliphatic carbocycles. The van der Waals surface area contributed by atoms with E-state index in [9.17, 15) is 0 Å². The van der Waals surface area contributed by atoms with Gasteiger partial charge < -0.3 is 0 Å². The van der Waals surface area contributed by atoms with Crippen LogP contribution < -0.4 is 0 Å². The summed E-state index contributed by atoms with van der Waals surface area (Å²) in [5.74, 6) is 1.95. The third kappa shape index (κ3) is 5.28. The Hall–Kier alpha value is -8.34. The summed E-state index contributed by atoms with van der Waals surface area (Å²) in [6.07, 6.45) is 0. The van der Waals surface area contributed by atoms with Crippen LogP contribution in [0.3, 0.4) is 0 Å². The molecule has 1 atom stereocenters. The minimum atomic E-state index is -0.552. The molecule has 9 aromatic carbocycles. The van der Waals surface area contributed by atoms with Gasteiger partial charge in [0, 0.05) is 38.8 Å². The molecule has 0 bridgehead atoms. The van der Waals surface area contributed by atoms with Gasteiger partial charge in [-0.15, -0.1) is 0 Å². The number of nitrogens with zero attached hydrogens (tertiary/aromatic N) is 4. The molecule has 2 aliphatic rings. The summed E-state index contributed by atoms with van der Waals surface area (Å²) < 4.78 is 0. The number of rotatable bonds is 5. The monoisotopic (exact) mass is 800 g/mol. The molecule has 0 saturated heterocycles. The van der Waals surface area contributed by atoms with E-state index < -0.39 is 5.41 Å². The van der Waals surface area contributed by atoms with E-state index in [1.165, 1.54) is 55.5 Å². The van der Waals surface area contributed by atoms with Crippen molar-refractivity contribution in [2.75, 3.05) is 0 Å². The van der Waals surface area contributed by atoms with Gasteiger partial charge in [-0.25, -0.2) is 19.9 Å². The first-order chi connectivity index (χ1) is 31.2. The molecule has 1 spiro atoms. The molecule has 1 unspecified atom stereocenters. The molecular formula is C59H36N4. The van der Waals surface area contributed by atoms with Crippen LogP contribution in [0, 0.1) is 0 Å². The highest BCUT2D eigenvalue weighted by molar-refractivity contribution is 6.08. The highest BCUT2D eigenvalue weighted by atomic mass is 15.0. The number of hydrogen-bond acceptors (Lipinski definition) is 4. The quantitative estimate of drug-likeness (QED) is 0.174. The maximum atomic E-state index is 5.63. The van der Waals surface area contributed by atoms with E-state index in [0.29, 0.717) is 17.5 Å². The number of fused-ring (bicyclic) bond motifs is 13. The van der Waals surface area contributed by atoms with Crippen molar-refractivity contribution in [1.82, 2.24) is 19.9 Å². The van der Waals surface area contributed by atoms with Crippen molar-refractivity contribution >= 4 is 21.5 Å². The lowest BCUT2D eigenvalue weighted by molar-refractivity contribution is 0.800. The molecule has 63 heavy (non-hydrogen) atoms. The van der Waals surface area contributed by atoms with Gasteiger partial charge in [0.05, 0.1) is 16.8 Å². The molecule has 0 N–H and O–H groups in total. The molecule has 11 aromatic rings.